The molecule has 0 aromatic carbocycles. The van der Waals surface area contributed by atoms with Crippen molar-refractivity contribution in [2.75, 3.05) is 6.54 Å². The number of hydrogen-bond acceptors (Lipinski definition) is 4. The first kappa shape index (κ1) is 14.0. The first-order valence-corrected chi connectivity index (χ1v) is 5.91. The van der Waals surface area contributed by atoms with Crippen LogP contribution in [0.3, 0.4) is 0 Å². The van der Waals surface area contributed by atoms with Gasteiger partial charge in [0.25, 0.3) is 0 Å². The molecule has 7 nitrogen and oxygen atoms in total. The zero-order chi connectivity index (χ0) is 13.4. The number of aromatic nitrogens is 2. The first-order chi connectivity index (χ1) is 8.69. The summed E-state index contributed by atoms with van der Waals surface area (Å²) in [4.78, 5) is 18.7. The van der Waals surface area contributed by atoms with E-state index in [0.717, 1.165) is 12.1 Å². The van der Waals surface area contributed by atoms with E-state index in [9.17, 15) is 4.79 Å². The second-order valence-corrected chi connectivity index (χ2v) is 3.98. The molecule has 1 aromatic rings. The number of nitrogens with two attached hydrogens (primary N) is 1. The van der Waals surface area contributed by atoms with Crippen molar-refractivity contribution in [2.24, 2.45) is 16.8 Å². The molecular weight excluding hydrogens is 234 g/mol. The Balaban J connectivity index is 2.41. The SMILES string of the molecule is CCCC(C(=O)NCCc1cnc[nH]1)C(N)=NO. The lowest BCUT2D eigenvalue weighted by Gasteiger charge is -2.14. The molecule has 0 aliphatic carbocycles. The smallest absolute Gasteiger partial charge is 0.230 e. The van der Waals surface area contributed by atoms with Gasteiger partial charge in [-0.15, -0.1) is 0 Å². The van der Waals surface area contributed by atoms with E-state index >= 15 is 0 Å². The van der Waals surface area contributed by atoms with Crippen molar-refractivity contribution in [3.8, 4) is 0 Å². The molecule has 1 heterocycles. The molecule has 0 saturated carbocycles. The van der Waals surface area contributed by atoms with Gasteiger partial charge in [0.2, 0.25) is 5.91 Å². The van der Waals surface area contributed by atoms with Crippen molar-refractivity contribution < 1.29 is 10.0 Å². The molecule has 1 atom stereocenters. The molecule has 5 N–H and O–H groups in total. The highest BCUT2D eigenvalue weighted by Gasteiger charge is 2.21. The molecule has 1 rings (SSSR count). The molecule has 100 valence electrons. The average molecular weight is 253 g/mol. The number of aromatic amines is 1. The van der Waals surface area contributed by atoms with Crippen LogP contribution in [0.5, 0.6) is 0 Å². The van der Waals surface area contributed by atoms with E-state index in [1.165, 1.54) is 0 Å². The number of hydrogen-bond donors (Lipinski definition) is 4. The number of nitrogens with one attached hydrogen (secondary N) is 2. The Morgan fingerprint density at radius 1 is 1.72 bits per heavy atom. The number of imidazole rings is 1. The standard InChI is InChI=1S/C11H19N5O2/c1-2-3-9(10(12)16-18)11(17)14-5-4-8-6-13-7-15-8/h6-7,9,18H,2-5H2,1H3,(H2,12,16)(H,13,15)(H,14,17). The summed E-state index contributed by atoms with van der Waals surface area (Å²) >= 11 is 0. The summed E-state index contributed by atoms with van der Waals surface area (Å²) < 4.78 is 0. The summed E-state index contributed by atoms with van der Waals surface area (Å²) in [5, 5.41) is 14.3. The Kier molecular flexibility index (Phi) is 5.69. The fourth-order valence-electron chi connectivity index (χ4n) is 1.64. The van der Waals surface area contributed by atoms with Gasteiger partial charge in [-0.2, -0.15) is 0 Å². The highest BCUT2D eigenvalue weighted by Crippen LogP contribution is 2.06. The highest BCUT2D eigenvalue weighted by molar-refractivity contribution is 6.02. The zero-order valence-corrected chi connectivity index (χ0v) is 10.4. The van der Waals surface area contributed by atoms with Crippen LogP contribution < -0.4 is 11.1 Å². The number of amidine groups is 1. The Labute approximate surface area is 105 Å². The van der Waals surface area contributed by atoms with E-state index in [1.54, 1.807) is 12.5 Å². The third-order valence-electron chi connectivity index (χ3n) is 2.61. The molecule has 0 bridgehead atoms. The van der Waals surface area contributed by atoms with E-state index in [-0.39, 0.29) is 11.7 Å². The predicted octanol–water partition coefficient (Wildman–Crippen LogP) is 0.231. The van der Waals surface area contributed by atoms with E-state index in [0.29, 0.717) is 19.4 Å². The van der Waals surface area contributed by atoms with Crippen LogP contribution in [0, 0.1) is 5.92 Å². The van der Waals surface area contributed by atoms with Crippen LogP contribution in [0.25, 0.3) is 0 Å². The average Bonchev–Trinajstić information content (AvgIpc) is 2.88. The predicted molar refractivity (Wildman–Crippen MR) is 67.1 cm³/mol. The summed E-state index contributed by atoms with van der Waals surface area (Å²) in [6.45, 7) is 2.43. The molecule has 1 unspecified atom stereocenters. The summed E-state index contributed by atoms with van der Waals surface area (Å²) in [5.74, 6) is -0.829. The molecule has 0 spiro atoms. The van der Waals surface area contributed by atoms with Gasteiger partial charge >= 0.3 is 0 Å². The maximum Gasteiger partial charge on any atom is 0.230 e. The van der Waals surface area contributed by atoms with Gasteiger partial charge in [-0.1, -0.05) is 18.5 Å². The van der Waals surface area contributed by atoms with Crippen molar-refractivity contribution in [1.29, 1.82) is 0 Å². The summed E-state index contributed by atoms with van der Waals surface area (Å²) in [6.07, 6.45) is 5.31. The number of amides is 1. The number of carbonyl (C=O) groups is 1. The molecule has 1 amide bonds. The number of H-pyrrole nitrogens is 1. The molecule has 18 heavy (non-hydrogen) atoms. The second-order valence-electron chi connectivity index (χ2n) is 3.98. The molecule has 0 saturated heterocycles. The minimum atomic E-state index is -0.568. The number of oxime groups is 1. The quantitative estimate of drug-likeness (QED) is 0.241. The van der Waals surface area contributed by atoms with Gasteiger partial charge in [-0.3, -0.25) is 4.79 Å². The molecule has 0 fully saturated rings. The molecule has 0 aliphatic rings. The van der Waals surface area contributed by atoms with Gasteiger partial charge < -0.3 is 21.2 Å². The molecule has 1 aromatic heterocycles. The first-order valence-electron chi connectivity index (χ1n) is 5.91. The third kappa shape index (κ3) is 4.08. The van der Waals surface area contributed by atoms with Gasteiger partial charge in [-0.05, 0) is 6.42 Å². The largest absolute Gasteiger partial charge is 0.409 e. The van der Waals surface area contributed by atoms with E-state index < -0.39 is 5.92 Å². The van der Waals surface area contributed by atoms with Gasteiger partial charge in [0, 0.05) is 24.9 Å². The minimum Gasteiger partial charge on any atom is -0.409 e. The molecule has 0 aliphatic heterocycles. The zero-order valence-electron chi connectivity index (χ0n) is 10.4. The second kappa shape index (κ2) is 7.31. The lowest BCUT2D eigenvalue weighted by atomic mass is 10.0. The Hall–Kier alpha value is -2.05. The van der Waals surface area contributed by atoms with Crippen LogP contribution in [0.4, 0.5) is 0 Å². The van der Waals surface area contributed by atoms with Gasteiger partial charge in [0.15, 0.2) is 5.84 Å². The van der Waals surface area contributed by atoms with E-state index in [4.69, 9.17) is 10.9 Å². The van der Waals surface area contributed by atoms with Crippen molar-refractivity contribution in [3.63, 3.8) is 0 Å². The Morgan fingerprint density at radius 2 is 2.50 bits per heavy atom. The van der Waals surface area contributed by atoms with Gasteiger partial charge in [0.1, 0.15) is 0 Å². The maximum atomic E-state index is 11.9. The summed E-state index contributed by atoms with van der Waals surface area (Å²) in [6, 6.07) is 0. The monoisotopic (exact) mass is 253 g/mol. The van der Waals surface area contributed by atoms with Crippen LogP contribution in [-0.4, -0.2) is 33.5 Å². The van der Waals surface area contributed by atoms with Crippen LogP contribution in [0.15, 0.2) is 17.7 Å². The van der Waals surface area contributed by atoms with E-state index in [1.807, 2.05) is 6.92 Å². The highest BCUT2D eigenvalue weighted by atomic mass is 16.4. The molecule has 7 heteroatoms. The normalized spacial score (nSPS) is 13.3. The van der Waals surface area contributed by atoms with Crippen LogP contribution in [0.2, 0.25) is 0 Å². The Morgan fingerprint density at radius 3 is 3.06 bits per heavy atom. The van der Waals surface area contributed by atoms with Crippen molar-refractivity contribution in [3.05, 3.63) is 18.2 Å². The van der Waals surface area contributed by atoms with Crippen molar-refractivity contribution >= 4 is 11.7 Å². The fourth-order valence-corrected chi connectivity index (χ4v) is 1.64. The minimum absolute atomic E-state index is 0.0455. The van der Waals surface area contributed by atoms with Crippen LogP contribution in [-0.2, 0) is 11.2 Å². The lowest BCUT2D eigenvalue weighted by Crippen LogP contribution is -2.39. The Bertz CT molecular complexity index is 388. The maximum absolute atomic E-state index is 11.9. The van der Waals surface area contributed by atoms with E-state index in [2.05, 4.69) is 20.4 Å². The molecular formula is C11H19N5O2. The van der Waals surface area contributed by atoms with Crippen LogP contribution in [0.1, 0.15) is 25.5 Å². The summed E-state index contributed by atoms with van der Waals surface area (Å²) in [7, 11) is 0. The van der Waals surface area contributed by atoms with Crippen molar-refractivity contribution in [1.82, 2.24) is 15.3 Å². The topological polar surface area (TPSA) is 116 Å². The van der Waals surface area contributed by atoms with Crippen LogP contribution >= 0.6 is 0 Å². The van der Waals surface area contributed by atoms with Gasteiger partial charge in [0.05, 0.1) is 12.2 Å². The van der Waals surface area contributed by atoms with Crippen molar-refractivity contribution in [2.45, 2.75) is 26.2 Å². The molecule has 0 radical (unpaired) electrons. The summed E-state index contributed by atoms with van der Waals surface area (Å²) in [5.41, 5.74) is 6.44. The lowest BCUT2D eigenvalue weighted by molar-refractivity contribution is -0.123. The number of rotatable bonds is 7. The third-order valence-corrected chi connectivity index (χ3v) is 2.61. The number of carbonyl (C=O) groups excluding carboxylic acids is 1. The number of nitrogens with zero attached hydrogens (tertiary/aromatic N) is 2. The fraction of sp³-hybridized carbons (Fsp3) is 0.545. The van der Waals surface area contributed by atoms with Gasteiger partial charge in [-0.25, -0.2) is 4.98 Å².